The summed E-state index contributed by atoms with van der Waals surface area (Å²) in [6.45, 7) is 7.84. The van der Waals surface area contributed by atoms with Gasteiger partial charge in [-0.3, -0.25) is 4.79 Å². The Balaban J connectivity index is 1.84. The maximum Gasteiger partial charge on any atom is 0.256 e. The van der Waals surface area contributed by atoms with Gasteiger partial charge in [-0.1, -0.05) is 12.8 Å². The first-order valence-corrected chi connectivity index (χ1v) is 11.1. The molecule has 4 rings (SSSR count). The van der Waals surface area contributed by atoms with Crippen molar-refractivity contribution in [1.82, 2.24) is 9.47 Å². The molecule has 1 aromatic carbocycles. The molecule has 2 fully saturated rings. The Kier molecular flexibility index (Phi) is 5.86. The van der Waals surface area contributed by atoms with E-state index in [4.69, 9.17) is 9.47 Å². The van der Waals surface area contributed by atoms with Crippen molar-refractivity contribution in [2.45, 2.75) is 77.4 Å². The molecule has 0 unspecified atom stereocenters. The average Bonchev–Trinajstić information content (AvgIpc) is 3.33. The molecular formula is C24H34N2O3. The summed E-state index contributed by atoms with van der Waals surface area (Å²) in [4.78, 5) is 16.1. The van der Waals surface area contributed by atoms with Gasteiger partial charge in [0.15, 0.2) is 0 Å². The zero-order valence-corrected chi connectivity index (χ0v) is 18.2. The summed E-state index contributed by atoms with van der Waals surface area (Å²) < 4.78 is 13.5. The topological polar surface area (TPSA) is 43.7 Å². The van der Waals surface area contributed by atoms with Gasteiger partial charge < -0.3 is 18.9 Å². The van der Waals surface area contributed by atoms with Gasteiger partial charge in [0.25, 0.3) is 5.91 Å². The fraction of sp³-hybridized carbons (Fsp3) is 0.625. The minimum atomic E-state index is 0.152. The van der Waals surface area contributed by atoms with Crippen LogP contribution >= 0.6 is 0 Å². The average molecular weight is 399 g/mol. The van der Waals surface area contributed by atoms with E-state index in [0.29, 0.717) is 6.04 Å². The summed E-state index contributed by atoms with van der Waals surface area (Å²) in [7, 11) is 1.69. The number of fused-ring (bicyclic) bond motifs is 1. The van der Waals surface area contributed by atoms with Gasteiger partial charge in [-0.2, -0.15) is 0 Å². The second kappa shape index (κ2) is 8.39. The van der Waals surface area contributed by atoms with Crippen LogP contribution in [-0.4, -0.2) is 47.8 Å². The predicted molar refractivity (Wildman–Crippen MR) is 116 cm³/mol. The van der Waals surface area contributed by atoms with Gasteiger partial charge in [0.1, 0.15) is 5.75 Å². The van der Waals surface area contributed by atoms with Crippen LogP contribution in [-0.2, 0) is 4.74 Å². The van der Waals surface area contributed by atoms with E-state index in [1.54, 1.807) is 7.11 Å². The molecule has 0 atom stereocenters. The number of methoxy groups -OCH3 is 1. The molecule has 0 bridgehead atoms. The van der Waals surface area contributed by atoms with Crippen LogP contribution in [0.4, 0.5) is 0 Å². The van der Waals surface area contributed by atoms with Crippen LogP contribution in [0.25, 0.3) is 10.9 Å². The van der Waals surface area contributed by atoms with Gasteiger partial charge in [-0.25, -0.2) is 0 Å². The third-order valence-electron chi connectivity index (χ3n) is 6.73. The standard InChI is InChI=1S/C24H34N2O3/c1-16(2)25(19-11-13-29-14-12-19)24(27)23-17(3)26(18-7-5-6-8-18)22-10-9-20(28-4)15-21(22)23/h9-10,15-16,18-19H,5-8,11-14H2,1-4H3. The van der Waals surface area contributed by atoms with Crippen molar-refractivity contribution in [2.24, 2.45) is 0 Å². The summed E-state index contributed by atoms with van der Waals surface area (Å²) in [6.07, 6.45) is 6.74. The number of carbonyl (C=O) groups excluding carboxylic acids is 1. The predicted octanol–water partition coefficient (Wildman–Crippen LogP) is 5.10. The number of ether oxygens (including phenoxy) is 2. The Morgan fingerprint density at radius 2 is 1.86 bits per heavy atom. The Labute approximate surface area is 174 Å². The molecule has 2 aliphatic rings. The molecule has 158 valence electrons. The van der Waals surface area contributed by atoms with Crippen molar-refractivity contribution in [1.29, 1.82) is 0 Å². The van der Waals surface area contributed by atoms with E-state index in [1.165, 1.54) is 25.7 Å². The lowest BCUT2D eigenvalue weighted by atomic mass is 10.0. The molecule has 1 aliphatic carbocycles. The quantitative estimate of drug-likeness (QED) is 0.703. The number of rotatable bonds is 5. The highest BCUT2D eigenvalue weighted by Gasteiger charge is 2.33. The van der Waals surface area contributed by atoms with Crippen molar-refractivity contribution in [3.63, 3.8) is 0 Å². The molecule has 1 amide bonds. The molecule has 0 spiro atoms. The second-order valence-corrected chi connectivity index (χ2v) is 8.80. The lowest BCUT2D eigenvalue weighted by Gasteiger charge is -2.37. The van der Waals surface area contributed by atoms with Gasteiger partial charge in [-0.15, -0.1) is 0 Å². The zero-order chi connectivity index (χ0) is 20.5. The van der Waals surface area contributed by atoms with E-state index in [-0.39, 0.29) is 18.0 Å². The minimum Gasteiger partial charge on any atom is -0.497 e. The van der Waals surface area contributed by atoms with Crippen LogP contribution in [0.15, 0.2) is 18.2 Å². The molecule has 5 nitrogen and oxygen atoms in total. The van der Waals surface area contributed by atoms with Crippen molar-refractivity contribution in [2.75, 3.05) is 20.3 Å². The van der Waals surface area contributed by atoms with Gasteiger partial charge in [0.2, 0.25) is 0 Å². The number of benzene rings is 1. The number of hydrogen-bond acceptors (Lipinski definition) is 3. The Bertz CT molecular complexity index is 874. The smallest absolute Gasteiger partial charge is 0.256 e. The first-order valence-electron chi connectivity index (χ1n) is 11.1. The summed E-state index contributed by atoms with van der Waals surface area (Å²) in [5.41, 5.74) is 3.11. The lowest BCUT2D eigenvalue weighted by Crippen LogP contribution is -2.47. The molecular weight excluding hydrogens is 364 g/mol. The molecule has 5 heteroatoms. The minimum absolute atomic E-state index is 0.152. The van der Waals surface area contributed by atoms with E-state index in [1.807, 2.05) is 12.1 Å². The molecule has 2 aromatic rings. The van der Waals surface area contributed by atoms with E-state index in [0.717, 1.165) is 54.0 Å². The molecule has 2 heterocycles. The maximum absolute atomic E-state index is 14.0. The fourth-order valence-electron chi connectivity index (χ4n) is 5.37. The van der Waals surface area contributed by atoms with E-state index in [2.05, 4.69) is 36.3 Å². The summed E-state index contributed by atoms with van der Waals surface area (Å²) in [6, 6.07) is 7.07. The van der Waals surface area contributed by atoms with Crippen LogP contribution in [0.5, 0.6) is 5.75 Å². The number of carbonyl (C=O) groups is 1. The first kappa shape index (κ1) is 20.3. The monoisotopic (exact) mass is 398 g/mol. The van der Waals surface area contributed by atoms with Crippen LogP contribution in [0.2, 0.25) is 0 Å². The molecule has 0 radical (unpaired) electrons. The Hall–Kier alpha value is -2.01. The summed E-state index contributed by atoms with van der Waals surface area (Å²) in [5, 5.41) is 1.02. The van der Waals surface area contributed by atoms with Crippen LogP contribution < -0.4 is 4.74 Å². The first-order chi connectivity index (χ1) is 14.0. The van der Waals surface area contributed by atoms with E-state index in [9.17, 15) is 4.79 Å². The summed E-state index contributed by atoms with van der Waals surface area (Å²) >= 11 is 0. The Morgan fingerprint density at radius 3 is 2.48 bits per heavy atom. The van der Waals surface area contributed by atoms with Crippen molar-refractivity contribution < 1.29 is 14.3 Å². The van der Waals surface area contributed by atoms with Crippen molar-refractivity contribution >= 4 is 16.8 Å². The molecule has 1 aliphatic heterocycles. The number of aromatic nitrogens is 1. The third-order valence-corrected chi connectivity index (χ3v) is 6.73. The molecule has 29 heavy (non-hydrogen) atoms. The fourth-order valence-corrected chi connectivity index (χ4v) is 5.37. The van der Waals surface area contributed by atoms with E-state index < -0.39 is 0 Å². The van der Waals surface area contributed by atoms with Gasteiger partial charge >= 0.3 is 0 Å². The lowest BCUT2D eigenvalue weighted by molar-refractivity contribution is 0.0206. The largest absolute Gasteiger partial charge is 0.497 e. The van der Waals surface area contributed by atoms with Crippen LogP contribution in [0.3, 0.4) is 0 Å². The highest BCUT2D eigenvalue weighted by atomic mass is 16.5. The number of nitrogens with zero attached hydrogens (tertiary/aromatic N) is 2. The summed E-state index contributed by atoms with van der Waals surface area (Å²) in [5.74, 6) is 0.955. The molecule has 1 saturated heterocycles. The number of amides is 1. The van der Waals surface area contributed by atoms with Gasteiger partial charge in [-0.05, 0) is 64.7 Å². The highest BCUT2D eigenvalue weighted by Crippen LogP contribution is 2.39. The maximum atomic E-state index is 14.0. The normalized spacial score (nSPS) is 18.7. The van der Waals surface area contributed by atoms with Crippen LogP contribution in [0, 0.1) is 6.92 Å². The Morgan fingerprint density at radius 1 is 1.17 bits per heavy atom. The van der Waals surface area contributed by atoms with Gasteiger partial charge in [0, 0.05) is 47.9 Å². The number of hydrogen-bond donors (Lipinski definition) is 0. The second-order valence-electron chi connectivity index (χ2n) is 8.80. The molecule has 0 N–H and O–H groups in total. The van der Waals surface area contributed by atoms with Crippen molar-refractivity contribution in [3.8, 4) is 5.75 Å². The van der Waals surface area contributed by atoms with Gasteiger partial charge in [0.05, 0.1) is 12.7 Å². The third kappa shape index (κ3) is 3.65. The SMILES string of the molecule is COc1ccc2c(c1)c(C(=O)N(C(C)C)C1CCOCC1)c(C)n2C1CCCC1. The molecule has 1 saturated carbocycles. The zero-order valence-electron chi connectivity index (χ0n) is 18.2. The van der Waals surface area contributed by atoms with Crippen molar-refractivity contribution in [3.05, 3.63) is 29.5 Å². The van der Waals surface area contributed by atoms with Crippen LogP contribution in [0.1, 0.15) is 74.5 Å². The molecule has 1 aromatic heterocycles. The highest BCUT2D eigenvalue weighted by molar-refractivity contribution is 6.09. The van der Waals surface area contributed by atoms with E-state index >= 15 is 0 Å².